The van der Waals surface area contributed by atoms with Gasteiger partial charge in [0.1, 0.15) is 0 Å². The number of nitro groups is 1. The van der Waals surface area contributed by atoms with Crippen LogP contribution in [-0.2, 0) is 0 Å². The van der Waals surface area contributed by atoms with E-state index >= 15 is 0 Å². The molecule has 0 aliphatic heterocycles. The zero-order valence-electron chi connectivity index (χ0n) is 7.70. The van der Waals surface area contributed by atoms with Crippen LogP contribution in [-0.4, -0.2) is 10.2 Å². The molecule has 0 aromatic heterocycles. The van der Waals surface area contributed by atoms with E-state index in [9.17, 15) is 14.9 Å². The third-order valence-corrected chi connectivity index (χ3v) is 2.23. The molecule has 74 valence electrons. The molecule has 0 saturated heterocycles. The Hall–Kier alpha value is -1.42. The third kappa shape index (κ3) is 1.75. The predicted molar refractivity (Wildman–Crippen MR) is 52.8 cm³/mol. The highest BCUT2D eigenvalue weighted by Gasteiger charge is 2.18. The summed E-state index contributed by atoms with van der Waals surface area (Å²) >= 11 is 5.33. The Bertz CT molecular complexity index is 415. The number of nitrogens with zero attached hydrogens (tertiary/aromatic N) is 1. The zero-order chi connectivity index (χ0) is 10.9. The molecule has 4 nitrogen and oxygen atoms in total. The fraction of sp³-hybridized carbons (Fsp3) is 0.222. The van der Waals surface area contributed by atoms with Crippen molar-refractivity contribution in [2.75, 3.05) is 0 Å². The van der Waals surface area contributed by atoms with Crippen molar-refractivity contribution in [2.24, 2.45) is 0 Å². The van der Waals surface area contributed by atoms with Gasteiger partial charge in [0.25, 0.3) is 10.9 Å². The maximum atomic E-state index is 11.0. The zero-order valence-corrected chi connectivity index (χ0v) is 8.46. The monoisotopic (exact) mass is 213 g/mol. The van der Waals surface area contributed by atoms with E-state index < -0.39 is 10.2 Å². The lowest BCUT2D eigenvalue weighted by molar-refractivity contribution is -0.385. The topological polar surface area (TPSA) is 60.2 Å². The number of nitro benzene ring substituents is 1. The van der Waals surface area contributed by atoms with Gasteiger partial charge >= 0.3 is 0 Å². The molecule has 1 aromatic rings. The minimum absolute atomic E-state index is 0.0837. The van der Waals surface area contributed by atoms with E-state index in [2.05, 4.69) is 0 Å². The maximum Gasteiger partial charge on any atom is 0.273 e. The van der Waals surface area contributed by atoms with Gasteiger partial charge in [0.05, 0.1) is 4.92 Å². The lowest BCUT2D eigenvalue weighted by Crippen LogP contribution is -2.01. The average Bonchev–Trinajstić information content (AvgIpc) is 2.02. The quantitative estimate of drug-likeness (QED) is 0.431. The summed E-state index contributed by atoms with van der Waals surface area (Å²) in [6, 6.07) is 2.88. The lowest BCUT2D eigenvalue weighted by Gasteiger charge is -2.04. The number of hydrogen-bond donors (Lipinski definition) is 0. The van der Waals surface area contributed by atoms with E-state index in [-0.39, 0.29) is 11.3 Å². The average molecular weight is 214 g/mol. The summed E-state index contributed by atoms with van der Waals surface area (Å²) in [5, 5.41) is 9.90. The van der Waals surface area contributed by atoms with Crippen LogP contribution >= 0.6 is 11.6 Å². The summed E-state index contributed by atoms with van der Waals surface area (Å²) in [5.74, 6) is 0. The van der Waals surface area contributed by atoms with Gasteiger partial charge in [-0.25, -0.2) is 0 Å². The molecule has 0 amide bonds. The van der Waals surface area contributed by atoms with Crippen LogP contribution in [0.25, 0.3) is 0 Å². The number of carbonyl (C=O) groups excluding carboxylic acids is 1. The van der Waals surface area contributed by atoms with Gasteiger partial charge < -0.3 is 0 Å². The van der Waals surface area contributed by atoms with Gasteiger partial charge in [0.2, 0.25) is 0 Å². The Labute approximate surface area is 85.6 Å². The highest BCUT2D eigenvalue weighted by molar-refractivity contribution is 6.68. The molecular weight excluding hydrogens is 206 g/mol. The maximum absolute atomic E-state index is 11.0. The molecule has 0 N–H and O–H groups in total. The van der Waals surface area contributed by atoms with Crippen LogP contribution in [0.15, 0.2) is 12.1 Å². The SMILES string of the molecule is Cc1ccc([N+](=O)[O-])c(C)c1C(=O)Cl. The van der Waals surface area contributed by atoms with Crippen LogP contribution in [0.3, 0.4) is 0 Å². The highest BCUT2D eigenvalue weighted by Crippen LogP contribution is 2.25. The predicted octanol–water partition coefficient (Wildman–Crippen LogP) is 2.59. The van der Waals surface area contributed by atoms with Crippen molar-refractivity contribution in [3.63, 3.8) is 0 Å². The molecule has 0 fully saturated rings. The van der Waals surface area contributed by atoms with Crippen LogP contribution in [0.5, 0.6) is 0 Å². The molecule has 0 saturated carbocycles. The molecule has 5 heteroatoms. The second-order valence-electron chi connectivity index (χ2n) is 2.93. The molecule has 0 aliphatic rings. The van der Waals surface area contributed by atoms with Gasteiger partial charge in [-0.15, -0.1) is 0 Å². The normalized spacial score (nSPS) is 9.93. The van der Waals surface area contributed by atoms with Crippen LogP contribution in [0.4, 0.5) is 5.69 Å². The summed E-state index contributed by atoms with van der Waals surface area (Å²) in [6.45, 7) is 3.20. The number of hydrogen-bond acceptors (Lipinski definition) is 3. The summed E-state index contributed by atoms with van der Waals surface area (Å²) in [6.07, 6.45) is 0. The van der Waals surface area contributed by atoms with Gasteiger partial charge in [-0.1, -0.05) is 6.07 Å². The van der Waals surface area contributed by atoms with Gasteiger partial charge in [-0.3, -0.25) is 14.9 Å². The van der Waals surface area contributed by atoms with Gasteiger partial charge in [0.15, 0.2) is 0 Å². The van der Waals surface area contributed by atoms with E-state index in [0.717, 1.165) is 0 Å². The molecular formula is C9H8ClNO3. The molecule has 0 heterocycles. The first-order chi connectivity index (χ1) is 6.45. The Morgan fingerprint density at radius 2 is 2.00 bits per heavy atom. The van der Waals surface area contributed by atoms with Crippen LogP contribution < -0.4 is 0 Å². The second-order valence-corrected chi connectivity index (χ2v) is 3.28. The van der Waals surface area contributed by atoms with Crippen molar-refractivity contribution in [3.05, 3.63) is 38.9 Å². The van der Waals surface area contributed by atoms with Crippen molar-refractivity contribution in [2.45, 2.75) is 13.8 Å². The summed E-state index contributed by atoms with van der Waals surface area (Å²) in [7, 11) is 0. The minimum atomic E-state index is -0.663. The van der Waals surface area contributed by atoms with Crippen LogP contribution in [0.2, 0.25) is 0 Å². The van der Waals surface area contributed by atoms with Gasteiger partial charge in [0, 0.05) is 17.2 Å². The largest absolute Gasteiger partial charge is 0.276 e. The van der Waals surface area contributed by atoms with E-state index in [0.29, 0.717) is 11.1 Å². The number of rotatable bonds is 2. The van der Waals surface area contributed by atoms with E-state index in [4.69, 9.17) is 11.6 Å². The molecule has 0 spiro atoms. The molecule has 1 rings (SSSR count). The van der Waals surface area contributed by atoms with Crippen molar-refractivity contribution in [1.29, 1.82) is 0 Å². The molecule has 0 aliphatic carbocycles. The van der Waals surface area contributed by atoms with Crippen molar-refractivity contribution < 1.29 is 9.72 Å². The van der Waals surface area contributed by atoms with Crippen LogP contribution in [0.1, 0.15) is 21.5 Å². The molecule has 0 atom stereocenters. The Morgan fingerprint density at radius 1 is 1.43 bits per heavy atom. The molecule has 0 unspecified atom stereocenters. The Balaban J connectivity index is 3.49. The fourth-order valence-corrected chi connectivity index (χ4v) is 1.63. The van der Waals surface area contributed by atoms with Gasteiger partial charge in [-0.2, -0.15) is 0 Å². The third-order valence-electron chi connectivity index (χ3n) is 2.04. The molecule has 0 bridgehead atoms. The lowest BCUT2D eigenvalue weighted by atomic mass is 10.0. The van der Waals surface area contributed by atoms with E-state index in [1.165, 1.54) is 19.1 Å². The van der Waals surface area contributed by atoms with Crippen molar-refractivity contribution >= 4 is 22.5 Å². The van der Waals surface area contributed by atoms with Crippen molar-refractivity contribution in [3.8, 4) is 0 Å². The van der Waals surface area contributed by atoms with Crippen LogP contribution in [0, 0.1) is 24.0 Å². The van der Waals surface area contributed by atoms with E-state index in [1.54, 1.807) is 6.92 Å². The fourth-order valence-electron chi connectivity index (χ4n) is 1.34. The highest BCUT2D eigenvalue weighted by atomic mass is 35.5. The Kier molecular flexibility index (Phi) is 2.86. The minimum Gasteiger partial charge on any atom is -0.276 e. The Morgan fingerprint density at radius 3 is 2.43 bits per heavy atom. The molecule has 14 heavy (non-hydrogen) atoms. The standard InChI is InChI=1S/C9H8ClNO3/c1-5-3-4-7(11(13)14)6(2)8(5)9(10)12/h3-4H,1-2H3. The van der Waals surface area contributed by atoms with Crippen molar-refractivity contribution in [1.82, 2.24) is 0 Å². The smallest absolute Gasteiger partial charge is 0.273 e. The number of halogens is 1. The molecule has 1 aromatic carbocycles. The second kappa shape index (κ2) is 3.75. The number of benzene rings is 1. The molecule has 0 radical (unpaired) electrons. The summed E-state index contributed by atoms with van der Waals surface area (Å²) in [4.78, 5) is 21.0. The number of aryl methyl sites for hydroxylation is 1. The number of carbonyl (C=O) groups is 1. The van der Waals surface area contributed by atoms with E-state index in [1.807, 2.05) is 0 Å². The first-order valence-electron chi connectivity index (χ1n) is 3.89. The summed E-state index contributed by atoms with van der Waals surface area (Å²) in [5.41, 5.74) is 1.10. The first kappa shape index (κ1) is 10.7. The first-order valence-corrected chi connectivity index (χ1v) is 4.27. The van der Waals surface area contributed by atoms with Gasteiger partial charge in [-0.05, 0) is 31.0 Å². The summed E-state index contributed by atoms with van der Waals surface area (Å²) < 4.78 is 0.